The van der Waals surface area contributed by atoms with Gasteiger partial charge in [0.05, 0.1) is 12.8 Å². The highest BCUT2D eigenvalue weighted by atomic mass is 16.5. The summed E-state index contributed by atoms with van der Waals surface area (Å²) < 4.78 is 10.5. The van der Waals surface area contributed by atoms with Crippen LogP contribution in [0.4, 0.5) is 0 Å². The predicted molar refractivity (Wildman–Crippen MR) is 54.7 cm³/mol. The Kier molecular flexibility index (Phi) is 5.57. The zero-order valence-corrected chi connectivity index (χ0v) is 8.16. The van der Waals surface area contributed by atoms with Gasteiger partial charge in [0.25, 0.3) is 0 Å². The molecule has 0 bridgehead atoms. The molecule has 0 aliphatic carbocycles. The molecule has 0 aliphatic heterocycles. The maximum atomic E-state index is 5.37. The van der Waals surface area contributed by atoms with Gasteiger partial charge < -0.3 is 14.5 Å². The molecule has 0 amide bonds. The summed E-state index contributed by atoms with van der Waals surface area (Å²) in [4.78, 5) is 0. The topological polar surface area (TPSA) is 34.4 Å². The molecule has 0 unspecified atom stereocenters. The Labute approximate surface area is 84.4 Å². The summed E-state index contributed by atoms with van der Waals surface area (Å²) in [6.07, 6.45) is 7.68. The predicted octanol–water partition coefficient (Wildman–Crippen LogP) is 1.41. The summed E-state index contributed by atoms with van der Waals surface area (Å²) in [5.74, 6) is 3.38. The van der Waals surface area contributed by atoms with Crippen LogP contribution in [0.25, 0.3) is 0 Å². The summed E-state index contributed by atoms with van der Waals surface area (Å²) in [7, 11) is 0. The summed E-state index contributed by atoms with van der Waals surface area (Å²) >= 11 is 0. The van der Waals surface area contributed by atoms with E-state index in [1.54, 1.807) is 6.26 Å². The molecule has 0 saturated carbocycles. The molecule has 1 aromatic heterocycles. The minimum absolute atomic E-state index is 0.544. The van der Waals surface area contributed by atoms with E-state index in [0.717, 1.165) is 25.3 Å². The quantitative estimate of drug-likeness (QED) is 0.525. The fraction of sp³-hybridized carbons (Fsp3) is 0.455. The third-order valence-corrected chi connectivity index (χ3v) is 1.69. The average Bonchev–Trinajstić information content (AvgIpc) is 2.69. The first kappa shape index (κ1) is 10.8. The lowest BCUT2D eigenvalue weighted by Gasteiger charge is -2.02. The third-order valence-electron chi connectivity index (χ3n) is 1.69. The van der Waals surface area contributed by atoms with Crippen LogP contribution in [0.1, 0.15) is 12.2 Å². The van der Waals surface area contributed by atoms with Crippen LogP contribution in [0.5, 0.6) is 0 Å². The first-order chi connectivity index (χ1) is 6.93. The fourth-order valence-corrected chi connectivity index (χ4v) is 1.03. The minimum Gasteiger partial charge on any atom is -0.467 e. The van der Waals surface area contributed by atoms with Gasteiger partial charge in [-0.25, -0.2) is 0 Å². The Bertz CT molecular complexity index is 261. The molecule has 3 nitrogen and oxygen atoms in total. The van der Waals surface area contributed by atoms with Gasteiger partial charge in [0.2, 0.25) is 0 Å². The molecule has 0 aromatic carbocycles. The van der Waals surface area contributed by atoms with Crippen molar-refractivity contribution in [3.8, 4) is 12.3 Å². The molecule has 0 radical (unpaired) electrons. The highest BCUT2D eigenvalue weighted by Gasteiger charge is 1.94. The Morgan fingerprint density at radius 2 is 2.50 bits per heavy atom. The lowest BCUT2D eigenvalue weighted by atomic mass is 10.4. The van der Waals surface area contributed by atoms with E-state index in [1.165, 1.54) is 0 Å². The minimum atomic E-state index is 0.544. The second-order valence-electron chi connectivity index (χ2n) is 2.87. The monoisotopic (exact) mass is 193 g/mol. The van der Waals surface area contributed by atoms with E-state index in [1.807, 2.05) is 12.1 Å². The van der Waals surface area contributed by atoms with Crippen molar-refractivity contribution >= 4 is 0 Å². The van der Waals surface area contributed by atoms with Crippen LogP contribution < -0.4 is 5.32 Å². The standard InChI is InChI=1S/C11H15NO2/c1-2-6-12-7-4-8-13-10-11-5-3-9-14-11/h1,3,5,9,12H,4,6-8,10H2. The highest BCUT2D eigenvalue weighted by Crippen LogP contribution is 2.01. The number of ether oxygens (including phenoxy) is 1. The molecule has 0 spiro atoms. The number of terminal acetylenes is 1. The first-order valence-corrected chi connectivity index (χ1v) is 4.68. The molecular formula is C11H15NO2. The van der Waals surface area contributed by atoms with Crippen molar-refractivity contribution in [2.24, 2.45) is 0 Å². The van der Waals surface area contributed by atoms with Crippen LogP contribution in [0.3, 0.4) is 0 Å². The fourth-order valence-electron chi connectivity index (χ4n) is 1.03. The third kappa shape index (κ3) is 4.70. The van der Waals surface area contributed by atoms with Gasteiger partial charge in [0, 0.05) is 6.61 Å². The molecule has 0 atom stereocenters. The van der Waals surface area contributed by atoms with Crippen molar-refractivity contribution in [3.05, 3.63) is 24.2 Å². The number of hydrogen-bond acceptors (Lipinski definition) is 3. The van der Waals surface area contributed by atoms with Crippen LogP contribution in [0, 0.1) is 12.3 Å². The molecule has 0 saturated heterocycles. The Hall–Kier alpha value is -1.24. The van der Waals surface area contributed by atoms with Crippen LogP contribution in [0.15, 0.2) is 22.8 Å². The summed E-state index contributed by atoms with van der Waals surface area (Å²) in [6.45, 7) is 2.78. The zero-order valence-electron chi connectivity index (χ0n) is 8.16. The van der Waals surface area contributed by atoms with Crippen molar-refractivity contribution in [1.82, 2.24) is 5.32 Å². The molecule has 14 heavy (non-hydrogen) atoms. The normalized spacial score (nSPS) is 9.93. The van der Waals surface area contributed by atoms with Gasteiger partial charge in [-0.05, 0) is 25.1 Å². The van der Waals surface area contributed by atoms with Gasteiger partial charge in [-0.1, -0.05) is 5.92 Å². The summed E-state index contributed by atoms with van der Waals surface area (Å²) in [6, 6.07) is 3.75. The second kappa shape index (κ2) is 7.19. The van der Waals surface area contributed by atoms with Crippen molar-refractivity contribution < 1.29 is 9.15 Å². The van der Waals surface area contributed by atoms with Crippen LogP contribution in [-0.2, 0) is 11.3 Å². The molecule has 0 aliphatic rings. The first-order valence-electron chi connectivity index (χ1n) is 4.68. The lowest BCUT2D eigenvalue weighted by Crippen LogP contribution is -2.16. The average molecular weight is 193 g/mol. The van der Waals surface area contributed by atoms with Crippen molar-refractivity contribution in [2.45, 2.75) is 13.0 Å². The Balaban J connectivity index is 1.88. The highest BCUT2D eigenvalue weighted by molar-refractivity contribution is 4.95. The summed E-state index contributed by atoms with van der Waals surface area (Å²) in [5, 5.41) is 3.09. The number of furan rings is 1. The zero-order chi connectivity index (χ0) is 10.1. The molecule has 3 heteroatoms. The molecular weight excluding hydrogens is 178 g/mol. The second-order valence-corrected chi connectivity index (χ2v) is 2.87. The smallest absolute Gasteiger partial charge is 0.129 e. The van der Waals surface area contributed by atoms with E-state index in [-0.39, 0.29) is 0 Å². The largest absolute Gasteiger partial charge is 0.467 e. The molecule has 76 valence electrons. The number of rotatable bonds is 7. The van der Waals surface area contributed by atoms with Crippen molar-refractivity contribution in [1.29, 1.82) is 0 Å². The Morgan fingerprint density at radius 1 is 1.57 bits per heavy atom. The van der Waals surface area contributed by atoms with E-state index in [4.69, 9.17) is 15.6 Å². The summed E-state index contributed by atoms with van der Waals surface area (Å²) in [5.41, 5.74) is 0. The van der Waals surface area contributed by atoms with E-state index < -0.39 is 0 Å². The maximum Gasteiger partial charge on any atom is 0.129 e. The van der Waals surface area contributed by atoms with Crippen LogP contribution in [-0.4, -0.2) is 19.7 Å². The van der Waals surface area contributed by atoms with E-state index in [2.05, 4.69) is 11.2 Å². The van der Waals surface area contributed by atoms with Gasteiger partial charge in [-0.15, -0.1) is 6.42 Å². The number of hydrogen-bond donors (Lipinski definition) is 1. The number of nitrogens with one attached hydrogen (secondary N) is 1. The van der Waals surface area contributed by atoms with Crippen molar-refractivity contribution in [2.75, 3.05) is 19.7 Å². The molecule has 0 fully saturated rings. The Morgan fingerprint density at radius 3 is 3.21 bits per heavy atom. The van der Waals surface area contributed by atoms with Crippen LogP contribution in [0.2, 0.25) is 0 Å². The van der Waals surface area contributed by atoms with E-state index in [9.17, 15) is 0 Å². The van der Waals surface area contributed by atoms with Gasteiger partial charge >= 0.3 is 0 Å². The molecule has 1 N–H and O–H groups in total. The van der Waals surface area contributed by atoms with Gasteiger partial charge in [0.15, 0.2) is 0 Å². The van der Waals surface area contributed by atoms with Gasteiger partial charge in [0.1, 0.15) is 12.4 Å². The van der Waals surface area contributed by atoms with Gasteiger partial charge in [-0.2, -0.15) is 0 Å². The van der Waals surface area contributed by atoms with Gasteiger partial charge in [-0.3, -0.25) is 0 Å². The van der Waals surface area contributed by atoms with Crippen LogP contribution >= 0.6 is 0 Å². The lowest BCUT2D eigenvalue weighted by molar-refractivity contribution is 0.104. The molecule has 1 heterocycles. The molecule has 1 rings (SSSR count). The van der Waals surface area contributed by atoms with E-state index >= 15 is 0 Å². The molecule has 1 aromatic rings. The van der Waals surface area contributed by atoms with E-state index in [0.29, 0.717) is 13.2 Å². The maximum absolute atomic E-state index is 5.37. The van der Waals surface area contributed by atoms with Crippen molar-refractivity contribution in [3.63, 3.8) is 0 Å². The SMILES string of the molecule is C#CCNCCCOCc1ccco1.